The molecule has 0 aliphatic carbocycles. The molecule has 2 heterocycles. The third-order valence-corrected chi connectivity index (χ3v) is 4.72. The molecular weight excluding hydrogens is 410 g/mol. The average molecular weight is 424 g/mol. The van der Waals surface area contributed by atoms with Crippen LogP contribution < -0.4 is 5.32 Å². The van der Waals surface area contributed by atoms with Crippen LogP contribution in [0, 0.1) is 10.1 Å². The molecule has 1 N–H and O–H groups in total. The number of hydrogen-bond donors (Lipinski definition) is 1. The second kappa shape index (κ2) is 7.84. The Hall–Kier alpha value is -3.91. The van der Waals surface area contributed by atoms with Crippen LogP contribution in [0.15, 0.2) is 70.8 Å². The van der Waals surface area contributed by atoms with Crippen molar-refractivity contribution >= 4 is 35.3 Å². The van der Waals surface area contributed by atoms with E-state index in [0.29, 0.717) is 22.1 Å². The van der Waals surface area contributed by atoms with Crippen molar-refractivity contribution in [2.75, 3.05) is 0 Å². The van der Waals surface area contributed by atoms with Gasteiger partial charge in [0.1, 0.15) is 17.2 Å². The number of benzene rings is 2. The Morgan fingerprint density at radius 3 is 2.60 bits per heavy atom. The molecule has 1 fully saturated rings. The number of nitro groups is 1. The number of nitrogens with zero attached hydrogens (tertiary/aromatic N) is 2. The number of imide groups is 1. The Bertz CT molecular complexity index is 1180. The van der Waals surface area contributed by atoms with Gasteiger partial charge in [-0.2, -0.15) is 0 Å². The molecule has 4 rings (SSSR count). The molecule has 0 unspecified atom stereocenters. The first kappa shape index (κ1) is 19.4. The first-order chi connectivity index (χ1) is 14.4. The van der Waals surface area contributed by atoms with E-state index < -0.39 is 16.9 Å². The number of non-ortho nitro benzene ring substituents is 1. The Morgan fingerprint density at radius 1 is 1.10 bits per heavy atom. The number of nitrogens with one attached hydrogen (secondary N) is 1. The number of furan rings is 1. The minimum Gasteiger partial charge on any atom is -0.457 e. The van der Waals surface area contributed by atoms with Crippen molar-refractivity contribution in [3.63, 3.8) is 0 Å². The van der Waals surface area contributed by atoms with Crippen LogP contribution in [0.4, 0.5) is 10.5 Å². The SMILES string of the molecule is O=C1NC(=Cc2ccc(-c3cccc([N+](=O)[O-])c3)o2)C(=O)N1Cc1ccc(Cl)cc1. The summed E-state index contributed by atoms with van der Waals surface area (Å²) >= 11 is 5.86. The number of halogens is 1. The summed E-state index contributed by atoms with van der Waals surface area (Å²) in [7, 11) is 0. The molecule has 3 amide bonds. The number of carbonyl (C=O) groups is 2. The molecule has 1 saturated heterocycles. The number of nitro benzene ring substituents is 1. The van der Waals surface area contributed by atoms with E-state index in [2.05, 4.69) is 5.32 Å². The monoisotopic (exact) mass is 423 g/mol. The summed E-state index contributed by atoms with van der Waals surface area (Å²) in [4.78, 5) is 36.4. The predicted molar refractivity (Wildman–Crippen MR) is 109 cm³/mol. The van der Waals surface area contributed by atoms with Crippen molar-refractivity contribution in [2.24, 2.45) is 0 Å². The fraction of sp³-hybridized carbons (Fsp3) is 0.0476. The summed E-state index contributed by atoms with van der Waals surface area (Å²) in [6.45, 7) is 0.107. The van der Waals surface area contributed by atoms with Gasteiger partial charge in [0.15, 0.2) is 0 Å². The van der Waals surface area contributed by atoms with Gasteiger partial charge in [-0.1, -0.05) is 35.9 Å². The van der Waals surface area contributed by atoms with E-state index in [1.165, 1.54) is 18.2 Å². The van der Waals surface area contributed by atoms with Crippen LogP contribution in [0.1, 0.15) is 11.3 Å². The lowest BCUT2D eigenvalue weighted by molar-refractivity contribution is -0.384. The van der Waals surface area contributed by atoms with Gasteiger partial charge in [-0.15, -0.1) is 0 Å². The lowest BCUT2D eigenvalue weighted by Crippen LogP contribution is -2.30. The van der Waals surface area contributed by atoms with Crippen molar-refractivity contribution in [2.45, 2.75) is 6.54 Å². The van der Waals surface area contributed by atoms with Gasteiger partial charge >= 0.3 is 6.03 Å². The maximum absolute atomic E-state index is 12.6. The smallest absolute Gasteiger partial charge is 0.329 e. The maximum Gasteiger partial charge on any atom is 0.329 e. The molecule has 0 saturated carbocycles. The maximum atomic E-state index is 12.6. The summed E-state index contributed by atoms with van der Waals surface area (Å²) in [6.07, 6.45) is 1.42. The Balaban J connectivity index is 1.53. The Labute approximate surface area is 175 Å². The van der Waals surface area contributed by atoms with Gasteiger partial charge in [0.2, 0.25) is 0 Å². The van der Waals surface area contributed by atoms with Crippen LogP contribution in [0.2, 0.25) is 5.02 Å². The number of urea groups is 1. The molecule has 1 aromatic heterocycles. The topological polar surface area (TPSA) is 106 Å². The molecule has 150 valence electrons. The van der Waals surface area contributed by atoms with E-state index >= 15 is 0 Å². The third-order valence-electron chi connectivity index (χ3n) is 4.47. The van der Waals surface area contributed by atoms with Gasteiger partial charge in [0, 0.05) is 28.8 Å². The predicted octanol–water partition coefficient (Wildman–Crippen LogP) is 4.60. The number of carbonyl (C=O) groups excluding carboxylic acids is 2. The first-order valence-electron chi connectivity index (χ1n) is 8.84. The van der Waals surface area contributed by atoms with Gasteiger partial charge in [-0.3, -0.25) is 19.8 Å². The standard InChI is InChI=1S/C21H14ClN3O5/c22-15-6-4-13(5-7-15)12-24-20(26)18(23-21(24)27)11-17-8-9-19(30-17)14-2-1-3-16(10-14)25(28)29/h1-11H,12H2,(H,23,27). The molecule has 30 heavy (non-hydrogen) atoms. The molecule has 8 nitrogen and oxygen atoms in total. The number of amides is 3. The zero-order chi connectivity index (χ0) is 21.3. The molecule has 0 radical (unpaired) electrons. The molecule has 1 aliphatic rings. The van der Waals surface area contributed by atoms with Crippen molar-refractivity contribution in [1.82, 2.24) is 10.2 Å². The lowest BCUT2D eigenvalue weighted by atomic mass is 10.1. The normalized spacial score (nSPS) is 15.0. The van der Waals surface area contributed by atoms with Gasteiger partial charge in [-0.05, 0) is 29.8 Å². The van der Waals surface area contributed by atoms with E-state index in [-0.39, 0.29) is 17.9 Å². The highest BCUT2D eigenvalue weighted by Gasteiger charge is 2.33. The summed E-state index contributed by atoms with van der Waals surface area (Å²) < 4.78 is 5.68. The van der Waals surface area contributed by atoms with Crippen molar-refractivity contribution in [3.8, 4) is 11.3 Å². The fourth-order valence-corrected chi connectivity index (χ4v) is 3.11. The quantitative estimate of drug-likeness (QED) is 0.279. The van der Waals surface area contributed by atoms with Crippen molar-refractivity contribution in [1.29, 1.82) is 0 Å². The fourth-order valence-electron chi connectivity index (χ4n) is 2.99. The molecule has 0 atom stereocenters. The number of hydrogen-bond acceptors (Lipinski definition) is 5. The molecular formula is C21H14ClN3O5. The third kappa shape index (κ3) is 3.94. The molecule has 9 heteroatoms. The van der Waals surface area contributed by atoms with Gasteiger partial charge in [0.25, 0.3) is 11.6 Å². The van der Waals surface area contributed by atoms with E-state index in [9.17, 15) is 19.7 Å². The highest BCUT2D eigenvalue weighted by Crippen LogP contribution is 2.27. The van der Waals surface area contributed by atoms with Crippen LogP contribution in [-0.4, -0.2) is 21.8 Å². The van der Waals surface area contributed by atoms with E-state index in [1.54, 1.807) is 48.5 Å². The summed E-state index contributed by atoms with van der Waals surface area (Å²) in [5.74, 6) is 0.247. The Kier molecular flexibility index (Phi) is 5.07. The summed E-state index contributed by atoms with van der Waals surface area (Å²) in [5, 5.41) is 14.0. The van der Waals surface area contributed by atoms with Gasteiger partial charge < -0.3 is 9.73 Å². The number of rotatable bonds is 5. The van der Waals surface area contributed by atoms with E-state index in [1.807, 2.05) is 0 Å². The lowest BCUT2D eigenvalue weighted by Gasteiger charge is -2.11. The molecule has 0 bridgehead atoms. The van der Waals surface area contributed by atoms with Gasteiger partial charge in [0.05, 0.1) is 11.5 Å². The summed E-state index contributed by atoms with van der Waals surface area (Å²) in [6, 6.07) is 15.6. The van der Waals surface area contributed by atoms with Gasteiger partial charge in [-0.25, -0.2) is 4.79 Å². The van der Waals surface area contributed by atoms with Crippen LogP contribution in [0.25, 0.3) is 17.4 Å². The first-order valence-corrected chi connectivity index (χ1v) is 9.22. The van der Waals surface area contributed by atoms with Crippen LogP contribution >= 0.6 is 11.6 Å². The van der Waals surface area contributed by atoms with Crippen LogP contribution in [-0.2, 0) is 11.3 Å². The minimum absolute atomic E-state index is 0.0557. The second-order valence-corrected chi connectivity index (χ2v) is 6.95. The molecule has 3 aromatic rings. The average Bonchev–Trinajstić information content (AvgIpc) is 3.30. The second-order valence-electron chi connectivity index (χ2n) is 6.52. The molecule has 1 aliphatic heterocycles. The summed E-state index contributed by atoms with van der Waals surface area (Å²) in [5.41, 5.74) is 1.31. The largest absolute Gasteiger partial charge is 0.457 e. The van der Waals surface area contributed by atoms with Crippen molar-refractivity contribution in [3.05, 3.63) is 92.8 Å². The van der Waals surface area contributed by atoms with Crippen molar-refractivity contribution < 1.29 is 18.9 Å². The highest BCUT2D eigenvalue weighted by molar-refractivity contribution is 6.30. The Morgan fingerprint density at radius 2 is 1.87 bits per heavy atom. The molecule has 0 spiro atoms. The minimum atomic E-state index is -0.535. The van der Waals surface area contributed by atoms with E-state index in [0.717, 1.165) is 10.5 Å². The van der Waals surface area contributed by atoms with Crippen LogP contribution in [0.5, 0.6) is 0 Å². The molecule has 2 aromatic carbocycles. The zero-order valence-corrected chi connectivity index (χ0v) is 16.1. The van der Waals surface area contributed by atoms with Crippen LogP contribution in [0.3, 0.4) is 0 Å². The highest BCUT2D eigenvalue weighted by atomic mass is 35.5. The van der Waals surface area contributed by atoms with E-state index in [4.69, 9.17) is 16.0 Å². The zero-order valence-electron chi connectivity index (χ0n) is 15.4.